The van der Waals surface area contributed by atoms with E-state index in [1.165, 1.54) is 7.11 Å². The number of methoxy groups -OCH3 is 1. The zero-order valence-electron chi connectivity index (χ0n) is 18.0. The largest absolute Gasteiger partial charge is 0.468 e. The van der Waals surface area contributed by atoms with Crippen LogP contribution in [0.15, 0.2) is 54.7 Å². The third kappa shape index (κ3) is 5.59. The summed E-state index contributed by atoms with van der Waals surface area (Å²) in [4.78, 5) is 16.7. The van der Waals surface area contributed by atoms with Crippen molar-refractivity contribution in [2.75, 3.05) is 13.4 Å². The fourth-order valence-electron chi connectivity index (χ4n) is 3.29. The van der Waals surface area contributed by atoms with Gasteiger partial charge in [0.2, 0.25) is 10.0 Å². The Balaban J connectivity index is 1.81. The Morgan fingerprint density at radius 2 is 1.75 bits per heavy atom. The molecule has 0 spiro atoms. The van der Waals surface area contributed by atoms with Gasteiger partial charge >= 0.3 is 5.97 Å². The Morgan fingerprint density at radius 1 is 1.16 bits per heavy atom. The Labute approximate surface area is 186 Å². The van der Waals surface area contributed by atoms with Gasteiger partial charge in [-0.3, -0.25) is 10.2 Å². The Hall–Kier alpha value is -3.50. The number of carbonyl (C=O) groups excluding carboxylic acids is 1. The Morgan fingerprint density at radius 3 is 2.28 bits per heavy atom. The smallest absolute Gasteiger partial charge is 0.324 e. The number of sulfonamides is 1. The molecule has 0 aliphatic carbocycles. The van der Waals surface area contributed by atoms with Crippen LogP contribution in [0.1, 0.15) is 11.1 Å². The molecule has 9 nitrogen and oxygen atoms in total. The summed E-state index contributed by atoms with van der Waals surface area (Å²) in [6, 6.07) is 13.7. The van der Waals surface area contributed by atoms with Gasteiger partial charge in [0.15, 0.2) is 0 Å². The second kappa shape index (κ2) is 9.33. The molecule has 168 valence electrons. The minimum absolute atomic E-state index is 0.0134. The van der Waals surface area contributed by atoms with Crippen molar-refractivity contribution in [2.24, 2.45) is 12.8 Å². The number of esters is 1. The Kier molecular flexibility index (Phi) is 6.75. The predicted molar refractivity (Wildman–Crippen MR) is 123 cm³/mol. The lowest BCUT2D eigenvalue weighted by Crippen LogP contribution is -2.42. The fourth-order valence-corrected chi connectivity index (χ4v) is 3.99. The first-order valence-corrected chi connectivity index (χ1v) is 11.6. The van der Waals surface area contributed by atoms with E-state index in [4.69, 9.17) is 20.9 Å². The molecule has 0 radical (unpaired) electrons. The van der Waals surface area contributed by atoms with Crippen LogP contribution >= 0.6 is 0 Å². The highest BCUT2D eigenvalue weighted by Gasteiger charge is 2.23. The highest BCUT2D eigenvalue weighted by molar-refractivity contribution is 7.88. The summed E-state index contributed by atoms with van der Waals surface area (Å²) in [5.74, 6) is 0.115. The first-order valence-electron chi connectivity index (χ1n) is 9.70. The highest BCUT2D eigenvalue weighted by atomic mass is 32.2. The molecule has 0 amide bonds. The summed E-state index contributed by atoms with van der Waals surface area (Å²) >= 11 is 0. The minimum Gasteiger partial charge on any atom is -0.468 e. The maximum Gasteiger partial charge on any atom is 0.324 e. The third-order valence-electron chi connectivity index (χ3n) is 4.86. The van der Waals surface area contributed by atoms with Crippen LogP contribution < -0.4 is 10.5 Å². The average Bonchev–Trinajstić information content (AvgIpc) is 3.14. The van der Waals surface area contributed by atoms with E-state index in [-0.39, 0.29) is 12.3 Å². The number of ether oxygens (including phenoxy) is 1. The summed E-state index contributed by atoms with van der Waals surface area (Å²) in [6.45, 7) is 0. The molecule has 1 heterocycles. The summed E-state index contributed by atoms with van der Waals surface area (Å²) in [5.41, 5.74) is 9.48. The number of nitrogen functional groups attached to an aromatic ring is 1. The molecule has 1 aromatic heterocycles. The molecule has 3 aromatic rings. The third-order valence-corrected chi connectivity index (χ3v) is 5.57. The minimum atomic E-state index is -3.57. The zero-order valence-corrected chi connectivity index (χ0v) is 18.8. The first-order chi connectivity index (χ1) is 15.1. The van der Waals surface area contributed by atoms with Crippen LogP contribution in [0.2, 0.25) is 0 Å². The molecule has 1 unspecified atom stereocenters. The van der Waals surface area contributed by atoms with E-state index in [0.717, 1.165) is 34.5 Å². The zero-order chi connectivity index (χ0) is 23.5. The van der Waals surface area contributed by atoms with Crippen LogP contribution in [0.3, 0.4) is 0 Å². The molecule has 1 atom stereocenters. The first kappa shape index (κ1) is 23.2. The molecule has 0 bridgehead atoms. The molecule has 3 rings (SSSR count). The fraction of sp³-hybridized carbons (Fsp3) is 0.227. The molecule has 32 heavy (non-hydrogen) atoms. The number of hydrogen-bond donors (Lipinski definition) is 3. The van der Waals surface area contributed by atoms with Gasteiger partial charge in [-0.05, 0) is 12.0 Å². The van der Waals surface area contributed by atoms with Gasteiger partial charge in [-0.2, -0.15) is 0 Å². The molecular weight excluding hydrogens is 430 g/mol. The molecular formula is C22H25N5O4S. The normalized spacial score (nSPS) is 12.3. The molecule has 0 aliphatic rings. The van der Waals surface area contributed by atoms with Crippen molar-refractivity contribution in [2.45, 2.75) is 12.5 Å². The number of rotatable bonds is 8. The monoisotopic (exact) mass is 455 g/mol. The van der Waals surface area contributed by atoms with E-state index < -0.39 is 22.0 Å². The van der Waals surface area contributed by atoms with Gasteiger partial charge in [0, 0.05) is 29.9 Å². The van der Waals surface area contributed by atoms with Crippen LogP contribution in [0.5, 0.6) is 0 Å². The van der Waals surface area contributed by atoms with Crippen molar-refractivity contribution < 1.29 is 17.9 Å². The van der Waals surface area contributed by atoms with E-state index >= 15 is 0 Å². The topological polar surface area (TPSA) is 140 Å². The summed E-state index contributed by atoms with van der Waals surface area (Å²) in [5, 5.41) is 7.50. The van der Waals surface area contributed by atoms with Crippen molar-refractivity contribution in [3.05, 3.63) is 65.9 Å². The van der Waals surface area contributed by atoms with E-state index in [2.05, 4.69) is 4.72 Å². The summed E-state index contributed by atoms with van der Waals surface area (Å²) < 4.78 is 32.0. The summed E-state index contributed by atoms with van der Waals surface area (Å²) in [7, 11) is -0.457. The van der Waals surface area contributed by atoms with E-state index in [1.54, 1.807) is 12.1 Å². The number of carbonyl (C=O) groups is 1. The number of imidazole rings is 1. The van der Waals surface area contributed by atoms with Gasteiger partial charge in [0.05, 0.1) is 19.1 Å². The van der Waals surface area contributed by atoms with Gasteiger partial charge in [-0.25, -0.2) is 18.1 Å². The number of nitrogens with two attached hydrogens (primary N) is 1. The van der Waals surface area contributed by atoms with Crippen LogP contribution in [0, 0.1) is 5.41 Å². The van der Waals surface area contributed by atoms with Crippen molar-refractivity contribution in [3.63, 3.8) is 0 Å². The SMILES string of the molecule is COC(=O)C(Cc1ccc(-c2nc(-c3ccc(C(=N)N)cc3)cn2C)cc1)NS(C)(=O)=O. The number of amidine groups is 1. The van der Waals surface area contributed by atoms with Crippen molar-refractivity contribution >= 4 is 21.8 Å². The summed E-state index contributed by atoms with van der Waals surface area (Å²) in [6.07, 6.45) is 3.07. The van der Waals surface area contributed by atoms with E-state index in [1.807, 2.05) is 54.2 Å². The van der Waals surface area contributed by atoms with Gasteiger partial charge in [0.25, 0.3) is 0 Å². The number of nitrogens with zero attached hydrogens (tertiary/aromatic N) is 2. The van der Waals surface area contributed by atoms with E-state index in [9.17, 15) is 13.2 Å². The average molecular weight is 456 g/mol. The highest BCUT2D eigenvalue weighted by Crippen LogP contribution is 2.25. The second-order valence-corrected chi connectivity index (χ2v) is 9.20. The molecule has 2 aromatic carbocycles. The van der Waals surface area contributed by atoms with Gasteiger partial charge < -0.3 is 15.0 Å². The second-order valence-electron chi connectivity index (χ2n) is 7.42. The van der Waals surface area contributed by atoms with Crippen LogP contribution in [-0.2, 0) is 33.0 Å². The van der Waals surface area contributed by atoms with Crippen LogP contribution in [-0.4, -0.2) is 49.2 Å². The van der Waals surface area contributed by atoms with E-state index in [0.29, 0.717) is 5.56 Å². The molecule has 4 N–H and O–H groups in total. The lowest BCUT2D eigenvalue weighted by atomic mass is 10.0. The number of hydrogen-bond acceptors (Lipinski definition) is 6. The number of benzene rings is 2. The molecule has 10 heteroatoms. The number of aryl methyl sites for hydroxylation is 1. The van der Waals surface area contributed by atoms with Crippen LogP contribution in [0.4, 0.5) is 0 Å². The lowest BCUT2D eigenvalue weighted by molar-refractivity contribution is -0.142. The lowest BCUT2D eigenvalue weighted by Gasteiger charge is -2.15. The van der Waals surface area contributed by atoms with Gasteiger partial charge in [-0.1, -0.05) is 48.5 Å². The molecule has 0 saturated heterocycles. The van der Waals surface area contributed by atoms with Crippen LogP contribution in [0.25, 0.3) is 22.6 Å². The number of nitrogens with one attached hydrogen (secondary N) is 2. The van der Waals surface area contributed by atoms with Gasteiger partial charge in [0.1, 0.15) is 17.7 Å². The predicted octanol–water partition coefficient (Wildman–Crippen LogP) is 1.67. The molecule has 0 saturated carbocycles. The van der Waals surface area contributed by atoms with Crippen molar-refractivity contribution in [3.8, 4) is 22.6 Å². The number of aromatic nitrogens is 2. The standard InChI is InChI=1S/C22H25N5O4S/c1-27-13-19(15-8-10-16(11-9-15)20(23)24)25-21(27)17-6-4-14(5-7-17)12-18(22(28)31-2)26-32(3,29)30/h4-11,13,18,26H,12H2,1-3H3,(H3,23,24). The quantitative estimate of drug-likeness (QED) is 0.268. The maximum absolute atomic E-state index is 11.9. The molecule has 0 fully saturated rings. The van der Waals surface area contributed by atoms with Crippen molar-refractivity contribution in [1.29, 1.82) is 5.41 Å². The van der Waals surface area contributed by atoms with Gasteiger partial charge in [-0.15, -0.1) is 0 Å². The molecule has 0 aliphatic heterocycles. The Bertz CT molecular complexity index is 1230. The maximum atomic E-state index is 11.9. The van der Waals surface area contributed by atoms with Crippen molar-refractivity contribution in [1.82, 2.24) is 14.3 Å².